The fourth-order valence-corrected chi connectivity index (χ4v) is 0.907. The molecule has 0 saturated heterocycles. The van der Waals surface area contributed by atoms with Crippen molar-refractivity contribution < 1.29 is 23.4 Å². The molecule has 76 valence electrons. The van der Waals surface area contributed by atoms with Gasteiger partial charge in [-0.05, 0) is 19.1 Å². The molecule has 0 atom stereocenters. The lowest BCUT2D eigenvalue weighted by molar-refractivity contribution is 0.0525. The fraction of sp³-hybridized carbons (Fsp3) is 0.222. The Labute approximate surface area is 78.9 Å². The van der Waals surface area contributed by atoms with E-state index in [1.165, 1.54) is 0 Å². The number of hydrogen-bond donors (Lipinski definition) is 1. The molecule has 0 spiro atoms. The first-order valence-electron chi connectivity index (χ1n) is 3.91. The molecule has 0 heterocycles. The number of halogens is 2. The van der Waals surface area contributed by atoms with Crippen molar-refractivity contribution in [1.29, 1.82) is 0 Å². The predicted octanol–water partition coefficient (Wildman–Crippen LogP) is 1.85. The topological polar surface area (TPSA) is 46.5 Å². The van der Waals surface area contributed by atoms with Crippen LogP contribution in [0.3, 0.4) is 0 Å². The second-order valence-corrected chi connectivity index (χ2v) is 2.51. The number of rotatable bonds is 2. The molecule has 0 aliphatic heterocycles. The van der Waals surface area contributed by atoms with E-state index in [1.54, 1.807) is 6.92 Å². The van der Waals surface area contributed by atoms with Crippen LogP contribution in [0.2, 0.25) is 0 Å². The van der Waals surface area contributed by atoms with Crippen LogP contribution in [0.1, 0.15) is 17.3 Å². The van der Waals surface area contributed by atoms with Crippen molar-refractivity contribution >= 4 is 5.97 Å². The third kappa shape index (κ3) is 1.99. The van der Waals surface area contributed by atoms with Crippen LogP contribution in [-0.4, -0.2) is 17.7 Å². The van der Waals surface area contributed by atoms with Gasteiger partial charge in [0.05, 0.1) is 12.2 Å². The smallest absolute Gasteiger partial charge is 0.338 e. The molecule has 1 aromatic rings. The van der Waals surface area contributed by atoms with Gasteiger partial charge in [0.1, 0.15) is 0 Å². The van der Waals surface area contributed by atoms with Gasteiger partial charge in [-0.15, -0.1) is 0 Å². The highest BCUT2D eigenvalue weighted by Gasteiger charge is 2.14. The lowest BCUT2D eigenvalue weighted by Gasteiger charge is -2.03. The molecule has 0 bridgehead atoms. The summed E-state index contributed by atoms with van der Waals surface area (Å²) in [6, 6.07) is 1.49. The second kappa shape index (κ2) is 4.04. The summed E-state index contributed by atoms with van der Waals surface area (Å²) in [5.74, 6) is -4.37. The van der Waals surface area contributed by atoms with E-state index in [0.29, 0.717) is 6.07 Å². The predicted molar refractivity (Wildman–Crippen MR) is 44.0 cm³/mol. The molecular formula is C9H8F2O3. The molecule has 0 fully saturated rings. The Morgan fingerprint density at radius 1 is 1.50 bits per heavy atom. The quantitative estimate of drug-likeness (QED) is 0.744. The van der Waals surface area contributed by atoms with Gasteiger partial charge in [0.15, 0.2) is 17.4 Å². The first-order valence-corrected chi connectivity index (χ1v) is 3.91. The number of aromatic hydroxyl groups is 1. The molecule has 1 rings (SSSR count). The minimum atomic E-state index is -1.38. The van der Waals surface area contributed by atoms with Crippen molar-refractivity contribution in [1.82, 2.24) is 0 Å². The zero-order valence-electron chi connectivity index (χ0n) is 7.38. The molecule has 1 N–H and O–H groups in total. The largest absolute Gasteiger partial charge is 0.505 e. The van der Waals surface area contributed by atoms with Crippen LogP contribution in [0.4, 0.5) is 8.78 Å². The van der Waals surface area contributed by atoms with Crippen LogP contribution in [-0.2, 0) is 4.74 Å². The Bertz CT molecular complexity index is 340. The van der Waals surface area contributed by atoms with Gasteiger partial charge in [-0.2, -0.15) is 4.39 Å². The van der Waals surface area contributed by atoms with Crippen molar-refractivity contribution in [3.63, 3.8) is 0 Å². The van der Waals surface area contributed by atoms with E-state index in [4.69, 9.17) is 5.11 Å². The first kappa shape index (κ1) is 10.4. The number of ether oxygens (including phenoxy) is 1. The first-order chi connectivity index (χ1) is 6.56. The Kier molecular flexibility index (Phi) is 3.01. The highest BCUT2D eigenvalue weighted by atomic mass is 19.2. The fourth-order valence-electron chi connectivity index (χ4n) is 0.907. The summed E-state index contributed by atoms with van der Waals surface area (Å²) in [6.07, 6.45) is 0. The van der Waals surface area contributed by atoms with Crippen LogP contribution < -0.4 is 0 Å². The van der Waals surface area contributed by atoms with Gasteiger partial charge < -0.3 is 9.84 Å². The minimum absolute atomic E-state index is 0.124. The normalized spacial score (nSPS) is 9.93. The summed E-state index contributed by atoms with van der Waals surface area (Å²) in [6.45, 7) is 1.70. The summed E-state index contributed by atoms with van der Waals surface area (Å²) < 4.78 is 29.8. The Morgan fingerprint density at radius 2 is 2.14 bits per heavy atom. The number of carbonyl (C=O) groups is 1. The van der Waals surface area contributed by atoms with Gasteiger partial charge in [0.2, 0.25) is 0 Å². The molecule has 0 aromatic heterocycles. The second-order valence-electron chi connectivity index (χ2n) is 2.51. The third-order valence-corrected chi connectivity index (χ3v) is 1.52. The molecule has 0 radical (unpaired) electrons. The molecule has 0 aliphatic rings. The molecule has 0 aliphatic carbocycles. The van der Waals surface area contributed by atoms with Crippen molar-refractivity contribution in [2.75, 3.05) is 6.61 Å². The Morgan fingerprint density at radius 3 is 2.64 bits per heavy atom. The number of esters is 1. The summed E-state index contributed by atoms with van der Waals surface area (Å²) >= 11 is 0. The maximum absolute atomic E-state index is 12.7. The van der Waals surface area contributed by atoms with E-state index < -0.39 is 23.4 Å². The molecule has 5 heteroatoms. The average molecular weight is 202 g/mol. The average Bonchev–Trinajstić information content (AvgIpc) is 2.13. The highest BCUT2D eigenvalue weighted by Crippen LogP contribution is 2.20. The van der Waals surface area contributed by atoms with E-state index >= 15 is 0 Å². The van der Waals surface area contributed by atoms with Crippen LogP contribution >= 0.6 is 0 Å². The maximum atomic E-state index is 12.7. The minimum Gasteiger partial charge on any atom is -0.505 e. The molecule has 0 unspecified atom stereocenters. The van der Waals surface area contributed by atoms with Gasteiger partial charge in [0.25, 0.3) is 0 Å². The zero-order valence-corrected chi connectivity index (χ0v) is 7.38. The lowest BCUT2D eigenvalue weighted by atomic mass is 10.2. The van der Waals surface area contributed by atoms with Crippen LogP contribution in [0.25, 0.3) is 0 Å². The SMILES string of the molecule is CCOC(=O)c1cc(O)c(F)c(F)c1. The van der Waals surface area contributed by atoms with Crippen LogP contribution in [0.5, 0.6) is 5.75 Å². The monoisotopic (exact) mass is 202 g/mol. The molecule has 0 saturated carbocycles. The molecule has 0 amide bonds. The van der Waals surface area contributed by atoms with Crippen molar-refractivity contribution in [2.45, 2.75) is 6.92 Å². The van der Waals surface area contributed by atoms with Gasteiger partial charge in [-0.1, -0.05) is 0 Å². The van der Waals surface area contributed by atoms with Gasteiger partial charge in [0, 0.05) is 0 Å². The van der Waals surface area contributed by atoms with Gasteiger partial charge in [-0.3, -0.25) is 0 Å². The number of hydrogen-bond acceptors (Lipinski definition) is 3. The van der Waals surface area contributed by atoms with E-state index in [2.05, 4.69) is 4.74 Å². The maximum Gasteiger partial charge on any atom is 0.338 e. The summed E-state index contributed by atoms with van der Waals surface area (Å²) in [5, 5.41) is 8.88. The Balaban J connectivity index is 3.06. The van der Waals surface area contributed by atoms with Crippen molar-refractivity contribution in [2.24, 2.45) is 0 Å². The molecule has 14 heavy (non-hydrogen) atoms. The number of carbonyl (C=O) groups excluding carboxylic acids is 1. The van der Waals surface area contributed by atoms with E-state index in [9.17, 15) is 13.6 Å². The number of benzene rings is 1. The van der Waals surface area contributed by atoms with E-state index in [1.807, 2.05) is 0 Å². The number of phenols is 1. The summed E-state index contributed by atoms with van der Waals surface area (Å²) in [5.41, 5.74) is -0.219. The third-order valence-electron chi connectivity index (χ3n) is 1.52. The number of phenolic OH excluding ortho intramolecular Hbond substituents is 1. The molecular weight excluding hydrogens is 194 g/mol. The Hall–Kier alpha value is -1.65. The molecule has 1 aromatic carbocycles. The van der Waals surface area contributed by atoms with E-state index in [-0.39, 0.29) is 12.2 Å². The van der Waals surface area contributed by atoms with Gasteiger partial charge in [-0.25, -0.2) is 9.18 Å². The van der Waals surface area contributed by atoms with Crippen molar-refractivity contribution in [3.05, 3.63) is 29.3 Å². The van der Waals surface area contributed by atoms with Gasteiger partial charge >= 0.3 is 5.97 Å². The highest BCUT2D eigenvalue weighted by molar-refractivity contribution is 5.89. The summed E-state index contributed by atoms with van der Waals surface area (Å²) in [7, 11) is 0. The standard InChI is InChI=1S/C9H8F2O3/c1-2-14-9(13)5-3-6(10)8(11)7(12)4-5/h3-4,12H,2H2,1H3. The van der Waals surface area contributed by atoms with Crippen LogP contribution in [0.15, 0.2) is 12.1 Å². The molecule has 3 nitrogen and oxygen atoms in total. The van der Waals surface area contributed by atoms with E-state index in [0.717, 1.165) is 6.07 Å². The van der Waals surface area contributed by atoms with Crippen LogP contribution in [0, 0.1) is 11.6 Å². The summed E-state index contributed by atoms with van der Waals surface area (Å²) in [4.78, 5) is 11.0. The lowest BCUT2D eigenvalue weighted by Crippen LogP contribution is -2.05. The van der Waals surface area contributed by atoms with Crippen molar-refractivity contribution in [3.8, 4) is 5.75 Å². The zero-order chi connectivity index (χ0) is 10.7.